The molecule has 38 heavy (non-hydrogen) atoms. The van der Waals surface area contributed by atoms with Gasteiger partial charge in [0.2, 0.25) is 18.0 Å². The van der Waals surface area contributed by atoms with Crippen molar-refractivity contribution in [3.63, 3.8) is 0 Å². The van der Waals surface area contributed by atoms with Crippen LogP contribution in [0.4, 0.5) is 4.79 Å². The maximum atomic E-state index is 13.8. The number of carbonyl (C=O) groups is 2. The van der Waals surface area contributed by atoms with E-state index >= 15 is 0 Å². The van der Waals surface area contributed by atoms with Gasteiger partial charge in [-0.3, -0.25) is 24.3 Å². The van der Waals surface area contributed by atoms with Crippen molar-refractivity contribution in [2.45, 2.75) is 22.9 Å². The van der Waals surface area contributed by atoms with Gasteiger partial charge in [0.05, 0.1) is 26.4 Å². The van der Waals surface area contributed by atoms with Gasteiger partial charge < -0.3 is 23.8 Å². The molecule has 1 aromatic carbocycles. The normalized spacial score (nSPS) is 19.9. The van der Waals surface area contributed by atoms with Gasteiger partial charge >= 0.3 is 6.16 Å². The van der Waals surface area contributed by atoms with E-state index in [-0.39, 0.29) is 30.0 Å². The third kappa shape index (κ3) is 4.05. The zero-order valence-corrected chi connectivity index (χ0v) is 21.3. The van der Waals surface area contributed by atoms with Gasteiger partial charge in [-0.2, -0.15) is 0 Å². The van der Waals surface area contributed by atoms with Gasteiger partial charge in [-0.15, -0.1) is 11.8 Å². The number of benzene rings is 1. The number of pyridine rings is 2. The van der Waals surface area contributed by atoms with Gasteiger partial charge in [0, 0.05) is 41.8 Å². The molecule has 3 aromatic rings. The Morgan fingerprint density at radius 1 is 1.18 bits per heavy atom. The number of fused-ring (bicyclic) bond motifs is 4. The van der Waals surface area contributed by atoms with Crippen LogP contribution in [0.1, 0.15) is 33.2 Å². The van der Waals surface area contributed by atoms with Crippen LogP contribution in [0.15, 0.2) is 64.7 Å². The minimum atomic E-state index is -0.964. The Morgan fingerprint density at radius 2 is 2.05 bits per heavy atom. The number of methoxy groups -OCH3 is 1. The van der Waals surface area contributed by atoms with Crippen molar-refractivity contribution in [1.29, 1.82) is 0 Å². The molecule has 6 rings (SSSR count). The standard InChI is InChI=1S/C26H24N4O7S/c1-34-26(33)37-15-36-24-19(31)7-9-29-23(24)25(32)28-10-11-35-13-21(28)30(29)22-17-6-8-27-12-16(17)14-38-20-5-3-2-4-18(20)22/h2-9,12,21-22H,10-11,13-15H2,1H3. The minimum Gasteiger partial charge on any atom is -0.451 e. The molecule has 0 radical (unpaired) electrons. The van der Waals surface area contributed by atoms with Crippen LogP contribution >= 0.6 is 11.8 Å². The lowest BCUT2D eigenvalue weighted by Crippen LogP contribution is -2.66. The summed E-state index contributed by atoms with van der Waals surface area (Å²) in [5.74, 6) is 0.166. The highest BCUT2D eigenvalue weighted by molar-refractivity contribution is 7.98. The van der Waals surface area contributed by atoms with E-state index in [0.29, 0.717) is 13.2 Å². The Bertz CT molecular complexity index is 1410. The average molecular weight is 537 g/mol. The molecule has 5 heterocycles. The smallest absolute Gasteiger partial charge is 0.451 e. The number of thioether (sulfide) groups is 1. The Balaban J connectivity index is 1.55. The van der Waals surface area contributed by atoms with Gasteiger partial charge in [0.15, 0.2) is 5.69 Å². The quantitative estimate of drug-likeness (QED) is 0.364. The molecule has 0 aliphatic carbocycles. The predicted octanol–water partition coefficient (Wildman–Crippen LogP) is 2.51. The number of hydrogen-bond acceptors (Lipinski definition) is 10. The molecule has 1 saturated heterocycles. The molecule has 0 saturated carbocycles. The zero-order chi connectivity index (χ0) is 26.2. The first-order valence-electron chi connectivity index (χ1n) is 12.0. The summed E-state index contributed by atoms with van der Waals surface area (Å²) >= 11 is 1.73. The molecule has 3 aliphatic rings. The predicted molar refractivity (Wildman–Crippen MR) is 136 cm³/mol. The summed E-state index contributed by atoms with van der Waals surface area (Å²) in [5, 5.41) is 2.06. The van der Waals surface area contributed by atoms with E-state index < -0.39 is 24.5 Å². The molecule has 3 aliphatic heterocycles. The summed E-state index contributed by atoms with van der Waals surface area (Å²) in [4.78, 5) is 45.4. The van der Waals surface area contributed by atoms with Crippen LogP contribution < -0.4 is 15.2 Å². The number of nitrogens with zero attached hydrogens (tertiary/aromatic N) is 4. The Kier molecular flexibility index (Phi) is 6.42. The number of ether oxygens (including phenoxy) is 4. The summed E-state index contributed by atoms with van der Waals surface area (Å²) in [6.45, 7) is 0.404. The van der Waals surface area contributed by atoms with E-state index in [2.05, 4.69) is 26.9 Å². The number of morpholine rings is 1. The van der Waals surface area contributed by atoms with Crippen molar-refractivity contribution in [3.05, 3.63) is 87.6 Å². The molecule has 196 valence electrons. The van der Waals surface area contributed by atoms with E-state index in [1.54, 1.807) is 33.7 Å². The molecule has 1 amide bonds. The topological polar surface area (TPSA) is 112 Å². The second-order valence-electron chi connectivity index (χ2n) is 8.80. The third-order valence-corrected chi connectivity index (χ3v) is 7.94. The highest BCUT2D eigenvalue weighted by Gasteiger charge is 2.46. The molecule has 12 heteroatoms. The largest absolute Gasteiger partial charge is 0.510 e. The molecule has 0 spiro atoms. The fourth-order valence-corrected chi connectivity index (χ4v) is 6.20. The first kappa shape index (κ1) is 24.3. The van der Waals surface area contributed by atoms with E-state index in [0.717, 1.165) is 34.4 Å². The molecule has 11 nitrogen and oxygen atoms in total. The van der Waals surface area contributed by atoms with Gasteiger partial charge in [0.25, 0.3) is 5.91 Å². The number of carbonyl (C=O) groups excluding carboxylic acids is 2. The second kappa shape index (κ2) is 10.0. The maximum Gasteiger partial charge on any atom is 0.510 e. The van der Waals surface area contributed by atoms with Crippen LogP contribution in [-0.2, 0) is 20.0 Å². The van der Waals surface area contributed by atoms with Crippen LogP contribution in [0, 0.1) is 0 Å². The van der Waals surface area contributed by atoms with E-state index in [1.165, 1.54) is 6.07 Å². The van der Waals surface area contributed by atoms with Gasteiger partial charge in [-0.05, 0) is 28.8 Å². The lowest BCUT2D eigenvalue weighted by Gasteiger charge is -2.51. The third-order valence-electron chi connectivity index (χ3n) is 6.80. The molecule has 2 aromatic heterocycles. The molecule has 1 fully saturated rings. The minimum absolute atomic E-state index is 0.0501. The van der Waals surface area contributed by atoms with Crippen LogP contribution in [0.3, 0.4) is 0 Å². The molecular weight excluding hydrogens is 512 g/mol. The number of aromatic nitrogens is 2. The highest BCUT2D eigenvalue weighted by atomic mass is 32.2. The van der Waals surface area contributed by atoms with Crippen molar-refractivity contribution in [3.8, 4) is 5.75 Å². The first-order chi connectivity index (χ1) is 18.6. The van der Waals surface area contributed by atoms with Gasteiger partial charge in [0.1, 0.15) is 6.17 Å². The summed E-state index contributed by atoms with van der Waals surface area (Å²) in [6.07, 6.45) is 3.80. The van der Waals surface area contributed by atoms with Gasteiger partial charge in [-0.25, -0.2) is 4.79 Å². The van der Waals surface area contributed by atoms with Crippen molar-refractivity contribution in [2.24, 2.45) is 0 Å². The SMILES string of the molecule is COC(=O)OCOc1c2n(ccc1=O)N(C1c3ccncc3CSc3ccccc31)C1COCCN1C2=O. The van der Waals surface area contributed by atoms with Crippen LogP contribution in [-0.4, -0.2) is 66.4 Å². The summed E-state index contributed by atoms with van der Waals surface area (Å²) < 4.78 is 22.4. The zero-order valence-electron chi connectivity index (χ0n) is 20.4. The monoisotopic (exact) mass is 536 g/mol. The summed E-state index contributed by atoms with van der Waals surface area (Å²) in [5.41, 5.74) is 2.71. The average Bonchev–Trinajstić information content (AvgIpc) is 3.11. The summed E-state index contributed by atoms with van der Waals surface area (Å²) in [6, 6.07) is 11.2. The van der Waals surface area contributed by atoms with Crippen molar-refractivity contribution in [2.75, 3.05) is 38.7 Å². The molecule has 2 atom stereocenters. The van der Waals surface area contributed by atoms with Crippen LogP contribution in [0.25, 0.3) is 0 Å². The molecule has 0 N–H and O–H groups in total. The Hall–Kier alpha value is -4.03. The lowest BCUT2D eigenvalue weighted by molar-refractivity contribution is -0.0209. The Labute approximate surface area is 221 Å². The van der Waals surface area contributed by atoms with E-state index in [1.807, 2.05) is 24.4 Å². The fraction of sp³-hybridized carbons (Fsp3) is 0.308. The maximum absolute atomic E-state index is 13.8. The number of rotatable bonds is 4. The number of hydrogen-bond donors (Lipinski definition) is 0. The van der Waals surface area contributed by atoms with Crippen molar-refractivity contribution >= 4 is 23.8 Å². The summed E-state index contributed by atoms with van der Waals surface area (Å²) in [7, 11) is 1.16. The van der Waals surface area contributed by atoms with Crippen LogP contribution in [0.2, 0.25) is 0 Å². The van der Waals surface area contributed by atoms with Crippen LogP contribution in [0.5, 0.6) is 5.75 Å². The fourth-order valence-electron chi connectivity index (χ4n) is 5.13. The van der Waals surface area contributed by atoms with E-state index in [4.69, 9.17) is 14.2 Å². The number of amides is 1. The van der Waals surface area contributed by atoms with Crippen molar-refractivity contribution in [1.82, 2.24) is 14.6 Å². The lowest BCUT2D eigenvalue weighted by atomic mass is 9.94. The van der Waals surface area contributed by atoms with E-state index in [9.17, 15) is 14.4 Å². The molecule has 2 unspecified atom stereocenters. The van der Waals surface area contributed by atoms with Crippen molar-refractivity contribution < 1.29 is 28.5 Å². The van der Waals surface area contributed by atoms with Gasteiger partial charge in [-0.1, -0.05) is 18.2 Å². The molecule has 0 bridgehead atoms. The molecular formula is C26H24N4O7S. The Morgan fingerprint density at radius 3 is 2.92 bits per heavy atom. The highest BCUT2D eigenvalue weighted by Crippen LogP contribution is 2.44. The first-order valence-corrected chi connectivity index (χ1v) is 13.0. The second-order valence-corrected chi connectivity index (χ2v) is 9.82.